The minimum absolute atomic E-state index is 0.00371. The number of nitrogen functional groups attached to an aromatic ring is 1. The Morgan fingerprint density at radius 1 is 0.968 bits per heavy atom. The molecule has 336 valence electrons. The molecule has 6 atom stereocenters. The number of nitrogens with two attached hydrogens (primary N) is 1. The minimum atomic E-state index is -1.30. The van der Waals surface area contributed by atoms with Gasteiger partial charge in [-0.25, -0.2) is 15.0 Å². The zero-order chi connectivity index (χ0) is 45.3. The van der Waals surface area contributed by atoms with Crippen LogP contribution in [-0.2, 0) is 37.5 Å². The number of anilines is 1. The number of imidazole rings is 1. The Balaban J connectivity index is 1.20. The van der Waals surface area contributed by atoms with Crippen LogP contribution in [0.5, 0.6) is 11.5 Å². The van der Waals surface area contributed by atoms with Crippen LogP contribution in [0.4, 0.5) is 5.82 Å². The maximum atomic E-state index is 14.1. The predicted octanol–water partition coefficient (Wildman–Crippen LogP) is 4.37. The predicted molar refractivity (Wildman–Crippen MR) is 238 cm³/mol. The van der Waals surface area contributed by atoms with Gasteiger partial charge < -0.3 is 46.1 Å². The van der Waals surface area contributed by atoms with Gasteiger partial charge in [-0.3, -0.25) is 19.0 Å². The highest BCUT2D eigenvalue weighted by Gasteiger charge is 2.45. The SMILES string of the molecule is COc1ccc(CCNC(=O)[C@H](CC[C@H](CNCc2ccccc2)C[C@H]2O[C@@H](n3cnc4c(N)ncnc43)C(O)C2O)NC(=O)CC(C)(C)c2c(C)cc(C)cc2OC(C)=O)cc1. The quantitative estimate of drug-likeness (QED) is 0.0473. The van der Waals surface area contributed by atoms with Crippen molar-refractivity contribution in [2.75, 3.05) is 25.9 Å². The normalized spacial score (nSPS) is 18.5. The van der Waals surface area contributed by atoms with Crippen molar-refractivity contribution in [3.63, 3.8) is 0 Å². The van der Waals surface area contributed by atoms with Crippen LogP contribution in [0, 0.1) is 19.8 Å². The molecule has 16 heteroatoms. The van der Waals surface area contributed by atoms with Gasteiger partial charge >= 0.3 is 5.97 Å². The van der Waals surface area contributed by atoms with Gasteiger partial charge in [-0.1, -0.05) is 62.4 Å². The third kappa shape index (κ3) is 12.0. The number of aryl methyl sites for hydroxylation is 2. The van der Waals surface area contributed by atoms with E-state index in [1.807, 2.05) is 88.4 Å². The summed E-state index contributed by atoms with van der Waals surface area (Å²) in [5.74, 6) is -0.00673. The number of aliphatic hydroxyl groups is 2. The number of nitrogens with one attached hydrogen (secondary N) is 3. The number of ether oxygens (including phenoxy) is 3. The van der Waals surface area contributed by atoms with Crippen LogP contribution in [0.3, 0.4) is 0 Å². The van der Waals surface area contributed by atoms with Crippen molar-refractivity contribution in [3.8, 4) is 11.5 Å². The summed E-state index contributed by atoms with van der Waals surface area (Å²) in [4.78, 5) is 52.8. The van der Waals surface area contributed by atoms with Gasteiger partial charge in [-0.05, 0) is 92.4 Å². The molecule has 0 aliphatic carbocycles. The number of rotatable bonds is 20. The van der Waals surface area contributed by atoms with E-state index in [0.717, 1.165) is 33.6 Å². The first kappa shape index (κ1) is 46.6. The molecule has 1 aliphatic rings. The zero-order valence-electron chi connectivity index (χ0n) is 36.8. The standard InChI is InChI=1S/C47H60N8O8/c1-28-20-29(2)39(36(21-28)62-30(3)56)47(4,5)23-38(57)54-35(45(60)50-19-18-31-12-15-34(61-6)16-13-31)17-14-33(25-49-24-32-10-8-7-9-11-32)22-37-41(58)42(59)46(63-37)55-27-53-40-43(48)51-26-52-44(40)55/h7-13,15-16,20-21,26-27,33,35,37,41-42,46,49,58-59H,14,17-19,22-25H2,1-6H3,(H,50,60)(H,54,57)(H2,48,51,52)/t33-,35-,37+,41?,42?,46+/m0/s1. The molecule has 16 nitrogen and oxygen atoms in total. The summed E-state index contributed by atoms with van der Waals surface area (Å²) in [6.45, 7) is 10.4. The van der Waals surface area contributed by atoms with E-state index in [-0.39, 0.29) is 36.4 Å². The molecule has 1 saturated heterocycles. The average Bonchev–Trinajstić information content (AvgIpc) is 3.79. The van der Waals surface area contributed by atoms with Gasteiger partial charge in [0, 0.05) is 37.4 Å². The van der Waals surface area contributed by atoms with Gasteiger partial charge in [0.25, 0.3) is 0 Å². The maximum Gasteiger partial charge on any atom is 0.308 e. The van der Waals surface area contributed by atoms with Crippen molar-refractivity contribution in [2.45, 2.75) is 109 Å². The van der Waals surface area contributed by atoms with E-state index in [2.05, 4.69) is 30.9 Å². The van der Waals surface area contributed by atoms with Crippen LogP contribution >= 0.6 is 0 Å². The van der Waals surface area contributed by atoms with Crippen LogP contribution in [0.25, 0.3) is 11.2 Å². The summed E-state index contributed by atoms with van der Waals surface area (Å²) in [6, 6.07) is 20.4. The van der Waals surface area contributed by atoms with Crippen molar-refractivity contribution in [3.05, 3.63) is 107 Å². The molecular formula is C47H60N8O8. The largest absolute Gasteiger partial charge is 0.497 e. The van der Waals surface area contributed by atoms with E-state index in [1.54, 1.807) is 17.7 Å². The van der Waals surface area contributed by atoms with E-state index >= 15 is 0 Å². The summed E-state index contributed by atoms with van der Waals surface area (Å²) in [5, 5.41) is 32.2. The number of esters is 1. The number of aromatic nitrogens is 4. The second kappa shape index (κ2) is 21.0. The number of carbonyl (C=O) groups excluding carboxylic acids is 3. The second-order valence-corrected chi connectivity index (χ2v) is 17.0. The molecule has 0 bridgehead atoms. The van der Waals surface area contributed by atoms with Crippen LogP contribution in [-0.4, -0.2) is 92.1 Å². The molecular weight excluding hydrogens is 805 g/mol. The van der Waals surface area contributed by atoms with Crippen LogP contribution < -0.4 is 31.2 Å². The number of nitrogens with zero attached hydrogens (tertiary/aromatic N) is 4. The highest BCUT2D eigenvalue weighted by Crippen LogP contribution is 2.39. The fraction of sp³-hybridized carbons (Fsp3) is 0.447. The summed E-state index contributed by atoms with van der Waals surface area (Å²) in [6.07, 6.45) is 0.0175. The van der Waals surface area contributed by atoms with Gasteiger partial charge in [-0.2, -0.15) is 0 Å². The number of benzene rings is 3. The van der Waals surface area contributed by atoms with E-state index in [9.17, 15) is 24.6 Å². The Morgan fingerprint density at radius 3 is 2.43 bits per heavy atom. The number of hydrogen-bond donors (Lipinski definition) is 6. The summed E-state index contributed by atoms with van der Waals surface area (Å²) < 4.78 is 18.8. The molecule has 1 aliphatic heterocycles. The molecule has 2 unspecified atom stereocenters. The molecule has 63 heavy (non-hydrogen) atoms. The second-order valence-electron chi connectivity index (χ2n) is 17.0. The van der Waals surface area contributed by atoms with Crippen LogP contribution in [0.1, 0.15) is 80.5 Å². The Labute approximate surface area is 368 Å². The van der Waals surface area contributed by atoms with Crippen molar-refractivity contribution in [1.82, 2.24) is 35.5 Å². The molecule has 0 spiro atoms. The lowest BCUT2D eigenvalue weighted by Crippen LogP contribution is -2.48. The van der Waals surface area contributed by atoms with E-state index < -0.39 is 42.0 Å². The summed E-state index contributed by atoms with van der Waals surface area (Å²) in [7, 11) is 1.61. The molecule has 3 aromatic carbocycles. The van der Waals surface area contributed by atoms with E-state index in [1.165, 1.54) is 19.6 Å². The van der Waals surface area contributed by atoms with Crippen molar-refractivity contribution in [1.29, 1.82) is 0 Å². The van der Waals surface area contributed by atoms with Crippen molar-refractivity contribution in [2.24, 2.45) is 5.92 Å². The Kier molecular flexibility index (Phi) is 15.5. The number of amides is 2. The number of carbonyl (C=O) groups is 3. The number of methoxy groups -OCH3 is 1. The number of hydrogen-bond acceptors (Lipinski definition) is 13. The van der Waals surface area contributed by atoms with Gasteiger partial charge in [0.15, 0.2) is 17.7 Å². The fourth-order valence-electron chi connectivity index (χ4n) is 8.54. The molecule has 0 radical (unpaired) electrons. The van der Waals surface area contributed by atoms with Gasteiger partial charge in [-0.15, -0.1) is 0 Å². The fourth-order valence-corrected chi connectivity index (χ4v) is 8.54. The van der Waals surface area contributed by atoms with Crippen molar-refractivity contribution < 1.29 is 38.8 Å². The monoisotopic (exact) mass is 864 g/mol. The smallest absolute Gasteiger partial charge is 0.308 e. The van der Waals surface area contributed by atoms with E-state index in [4.69, 9.17) is 19.9 Å². The lowest BCUT2D eigenvalue weighted by atomic mass is 9.78. The molecule has 0 saturated carbocycles. The van der Waals surface area contributed by atoms with E-state index in [0.29, 0.717) is 55.8 Å². The minimum Gasteiger partial charge on any atom is -0.497 e. The topological polar surface area (TPSA) is 225 Å². The first-order valence-electron chi connectivity index (χ1n) is 21.3. The highest BCUT2D eigenvalue weighted by molar-refractivity contribution is 5.88. The Hall–Kier alpha value is -5.94. The van der Waals surface area contributed by atoms with Crippen LogP contribution in [0.2, 0.25) is 0 Å². The summed E-state index contributed by atoms with van der Waals surface area (Å²) >= 11 is 0. The average molecular weight is 865 g/mol. The number of aliphatic hydroxyl groups excluding tert-OH is 2. The number of fused-ring (bicyclic) bond motifs is 1. The highest BCUT2D eigenvalue weighted by atomic mass is 16.6. The molecule has 6 rings (SSSR count). The van der Waals surface area contributed by atoms with Gasteiger partial charge in [0.05, 0.1) is 19.5 Å². The molecule has 2 aromatic heterocycles. The lowest BCUT2D eigenvalue weighted by Gasteiger charge is -2.30. The zero-order valence-corrected chi connectivity index (χ0v) is 36.8. The molecule has 5 aromatic rings. The van der Waals surface area contributed by atoms with Crippen molar-refractivity contribution >= 4 is 34.8 Å². The third-order valence-corrected chi connectivity index (χ3v) is 11.5. The molecule has 7 N–H and O–H groups in total. The Bertz CT molecular complexity index is 2340. The molecule has 2 amide bonds. The third-order valence-electron chi connectivity index (χ3n) is 11.5. The van der Waals surface area contributed by atoms with Gasteiger partial charge in [0.1, 0.15) is 41.6 Å². The first-order chi connectivity index (χ1) is 30.1. The molecule has 3 heterocycles. The lowest BCUT2D eigenvalue weighted by molar-refractivity contribution is -0.132. The first-order valence-corrected chi connectivity index (χ1v) is 21.3. The summed E-state index contributed by atoms with van der Waals surface area (Å²) in [5.41, 5.74) is 10.6. The van der Waals surface area contributed by atoms with Crippen LogP contribution in [0.15, 0.2) is 79.4 Å². The van der Waals surface area contributed by atoms with Gasteiger partial charge in [0.2, 0.25) is 11.8 Å². The molecule has 1 fully saturated rings. The maximum absolute atomic E-state index is 14.1. The Morgan fingerprint density at radius 2 is 1.71 bits per heavy atom.